The Balaban J connectivity index is 1.10. The molecule has 0 aliphatic carbocycles. The third kappa shape index (κ3) is 4.89. The number of rotatable bonds is 5. The van der Waals surface area contributed by atoms with Gasteiger partial charge in [0.1, 0.15) is 5.52 Å². The number of oxazole rings is 1. The molecule has 0 amide bonds. The third-order valence-corrected chi connectivity index (χ3v) is 12.1. The predicted molar refractivity (Wildman–Crippen MR) is 220 cm³/mol. The first kappa shape index (κ1) is 30.1. The Labute approximate surface area is 311 Å². The van der Waals surface area contributed by atoms with Crippen LogP contribution in [-0.4, -0.2) is 19.9 Å². The minimum atomic E-state index is 0.630. The van der Waals surface area contributed by atoms with Crippen LogP contribution in [-0.2, 0) is 0 Å². The summed E-state index contributed by atoms with van der Waals surface area (Å²) in [6, 6.07) is 54.3. The Bertz CT molecular complexity index is 3120. The first-order valence-corrected chi connectivity index (χ1v) is 19.0. The maximum atomic E-state index is 6.57. The second kappa shape index (κ2) is 12.0. The van der Waals surface area contributed by atoms with Gasteiger partial charge in [-0.3, -0.25) is 0 Å². The maximum Gasteiger partial charge on any atom is 0.228 e. The van der Waals surface area contributed by atoms with Crippen molar-refractivity contribution in [2.24, 2.45) is 0 Å². The van der Waals surface area contributed by atoms with Crippen molar-refractivity contribution >= 4 is 74.1 Å². The molecule has 0 spiro atoms. The van der Waals surface area contributed by atoms with Gasteiger partial charge in [0.15, 0.2) is 23.1 Å². The molecule has 4 heterocycles. The van der Waals surface area contributed by atoms with E-state index in [0.29, 0.717) is 23.4 Å². The molecule has 7 heteroatoms. The molecule has 0 radical (unpaired) electrons. The fraction of sp³-hybridized carbons (Fsp3) is 0. The minimum Gasteiger partial charge on any atom is -0.436 e. The van der Waals surface area contributed by atoms with E-state index in [1.807, 2.05) is 60.7 Å². The van der Waals surface area contributed by atoms with Gasteiger partial charge in [-0.15, -0.1) is 22.7 Å². The maximum absolute atomic E-state index is 6.57. The second-order valence-corrected chi connectivity index (χ2v) is 15.1. The van der Waals surface area contributed by atoms with Crippen LogP contribution in [0.2, 0.25) is 0 Å². The predicted octanol–water partition coefficient (Wildman–Crippen LogP) is 13.1. The van der Waals surface area contributed by atoms with Gasteiger partial charge in [-0.1, -0.05) is 127 Å². The van der Waals surface area contributed by atoms with Crippen LogP contribution in [0.3, 0.4) is 0 Å². The summed E-state index contributed by atoms with van der Waals surface area (Å²) >= 11 is 3.58. The van der Waals surface area contributed by atoms with Gasteiger partial charge < -0.3 is 4.42 Å². The molecule has 248 valence electrons. The van der Waals surface area contributed by atoms with E-state index in [1.54, 1.807) is 22.7 Å². The highest BCUT2D eigenvalue weighted by Gasteiger charge is 2.21. The molecule has 0 bridgehead atoms. The quantitative estimate of drug-likeness (QED) is 0.178. The Morgan fingerprint density at radius 3 is 1.75 bits per heavy atom. The zero-order valence-electron chi connectivity index (χ0n) is 28.0. The topological polar surface area (TPSA) is 64.7 Å². The molecule has 4 aromatic heterocycles. The molecule has 0 atom stereocenters. The number of benzene rings is 7. The average molecular weight is 715 g/mol. The van der Waals surface area contributed by atoms with Crippen molar-refractivity contribution in [3.8, 4) is 56.7 Å². The van der Waals surface area contributed by atoms with E-state index in [4.69, 9.17) is 24.4 Å². The largest absolute Gasteiger partial charge is 0.436 e. The molecule has 11 aromatic rings. The molecule has 0 aliphatic heterocycles. The summed E-state index contributed by atoms with van der Waals surface area (Å²) in [5.74, 6) is 2.55. The van der Waals surface area contributed by atoms with Crippen LogP contribution in [0.25, 0.3) is 108 Å². The summed E-state index contributed by atoms with van der Waals surface area (Å²) in [5, 5.41) is 4.67. The van der Waals surface area contributed by atoms with Crippen molar-refractivity contribution < 1.29 is 4.42 Å². The average Bonchev–Trinajstić information content (AvgIpc) is 3.95. The number of aromatic nitrogens is 4. The number of thiophene rings is 2. The molecule has 11 rings (SSSR count). The first-order chi connectivity index (χ1) is 26.3. The Morgan fingerprint density at radius 2 is 0.962 bits per heavy atom. The number of hydrogen-bond donors (Lipinski definition) is 0. The van der Waals surface area contributed by atoms with Gasteiger partial charge in [0.2, 0.25) is 5.89 Å². The lowest BCUT2D eigenvalue weighted by atomic mass is 9.97. The van der Waals surface area contributed by atoms with Crippen LogP contribution in [0.1, 0.15) is 0 Å². The zero-order valence-corrected chi connectivity index (χ0v) is 29.7. The van der Waals surface area contributed by atoms with Crippen LogP contribution in [0.5, 0.6) is 0 Å². The van der Waals surface area contributed by atoms with Gasteiger partial charge in [-0.2, -0.15) is 0 Å². The van der Waals surface area contributed by atoms with Crippen LogP contribution in [0.15, 0.2) is 162 Å². The van der Waals surface area contributed by atoms with Crippen molar-refractivity contribution in [1.82, 2.24) is 19.9 Å². The summed E-state index contributed by atoms with van der Waals surface area (Å²) in [5.41, 5.74) is 7.67. The fourth-order valence-corrected chi connectivity index (χ4v) is 9.76. The Kier molecular flexibility index (Phi) is 6.83. The van der Waals surface area contributed by atoms with Gasteiger partial charge in [0.05, 0.1) is 0 Å². The molecular weight excluding hydrogens is 689 g/mol. The third-order valence-electron chi connectivity index (χ3n) is 9.81. The van der Waals surface area contributed by atoms with Gasteiger partial charge in [-0.25, -0.2) is 19.9 Å². The van der Waals surface area contributed by atoms with Crippen molar-refractivity contribution in [3.05, 3.63) is 158 Å². The lowest BCUT2D eigenvalue weighted by molar-refractivity contribution is 0.621. The van der Waals surface area contributed by atoms with E-state index in [0.717, 1.165) is 60.0 Å². The van der Waals surface area contributed by atoms with Gasteiger partial charge >= 0.3 is 0 Å². The van der Waals surface area contributed by atoms with Crippen molar-refractivity contribution in [1.29, 1.82) is 0 Å². The molecule has 53 heavy (non-hydrogen) atoms. The molecule has 0 fully saturated rings. The van der Waals surface area contributed by atoms with E-state index in [9.17, 15) is 0 Å². The summed E-state index contributed by atoms with van der Waals surface area (Å²) in [6.07, 6.45) is 0. The second-order valence-electron chi connectivity index (χ2n) is 12.9. The highest BCUT2D eigenvalue weighted by molar-refractivity contribution is 7.26. The highest BCUT2D eigenvalue weighted by Crippen LogP contribution is 2.46. The molecular formula is C46H26N4OS2. The summed E-state index contributed by atoms with van der Waals surface area (Å²) in [7, 11) is 0. The van der Waals surface area contributed by atoms with E-state index in [2.05, 4.69) is 97.1 Å². The summed E-state index contributed by atoms with van der Waals surface area (Å²) < 4.78 is 11.4. The normalized spacial score (nSPS) is 11.8. The van der Waals surface area contributed by atoms with Crippen LogP contribution in [0, 0.1) is 0 Å². The molecule has 0 saturated carbocycles. The first-order valence-electron chi connectivity index (χ1n) is 17.4. The van der Waals surface area contributed by atoms with Gasteiger partial charge in [0, 0.05) is 68.2 Å². The Hall–Kier alpha value is -6.54. The number of fused-ring (bicyclic) bond motifs is 8. The monoisotopic (exact) mass is 714 g/mol. The van der Waals surface area contributed by atoms with E-state index in [1.165, 1.54) is 24.9 Å². The van der Waals surface area contributed by atoms with Crippen molar-refractivity contribution in [3.63, 3.8) is 0 Å². The van der Waals surface area contributed by atoms with Gasteiger partial charge in [-0.05, 0) is 35.9 Å². The zero-order chi connectivity index (χ0) is 34.9. The lowest BCUT2D eigenvalue weighted by Crippen LogP contribution is -2.01. The van der Waals surface area contributed by atoms with Crippen LogP contribution >= 0.6 is 22.7 Å². The molecule has 7 aromatic carbocycles. The molecule has 0 N–H and O–H groups in total. The molecule has 0 unspecified atom stereocenters. The van der Waals surface area contributed by atoms with Crippen LogP contribution in [0.4, 0.5) is 0 Å². The lowest BCUT2D eigenvalue weighted by Gasteiger charge is -2.12. The van der Waals surface area contributed by atoms with E-state index >= 15 is 0 Å². The van der Waals surface area contributed by atoms with Crippen molar-refractivity contribution in [2.75, 3.05) is 0 Å². The molecule has 0 saturated heterocycles. The highest BCUT2D eigenvalue weighted by atomic mass is 32.1. The van der Waals surface area contributed by atoms with Crippen molar-refractivity contribution in [2.45, 2.75) is 0 Å². The summed E-state index contributed by atoms with van der Waals surface area (Å²) in [6.45, 7) is 0. The Morgan fingerprint density at radius 1 is 0.377 bits per heavy atom. The fourth-order valence-electron chi connectivity index (χ4n) is 7.40. The number of hydrogen-bond acceptors (Lipinski definition) is 7. The standard InChI is InChI=1S/C46H26N4OS2/c1-3-13-27(14-4-1)43-48-44(28-15-5-2-6-16-28)50-45(49-43)31-18-8-7-17-29(31)30-20-11-21-33-40-38(53-42(30)33)26-25-35-41(40)47-46(51-35)34-22-12-24-37-39(34)32-19-9-10-23-36(32)52-37/h1-26H. The van der Waals surface area contributed by atoms with Gasteiger partial charge in [0.25, 0.3) is 0 Å². The van der Waals surface area contributed by atoms with E-state index in [-0.39, 0.29) is 0 Å². The number of nitrogens with zero attached hydrogens (tertiary/aromatic N) is 4. The molecule has 5 nitrogen and oxygen atoms in total. The minimum absolute atomic E-state index is 0.630. The smallest absolute Gasteiger partial charge is 0.228 e. The SMILES string of the molecule is c1ccc(-c2nc(-c3ccccc3)nc(-c3ccccc3-c3cccc4c3sc3ccc5oc(-c6cccc7sc8ccccc8c67)nc5c34)n2)cc1. The molecule has 0 aliphatic rings. The van der Waals surface area contributed by atoms with Crippen LogP contribution < -0.4 is 0 Å². The summed E-state index contributed by atoms with van der Waals surface area (Å²) in [4.78, 5) is 20.3. The van der Waals surface area contributed by atoms with E-state index < -0.39 is 0 Å².